The van der Waals surface area contributed by atoms with Crippen LogP contribution in [0.15, 0.2) is 24.3 Å². The Morgan fingerprint density at radius 3 is 2.50 bits per heavy atom. The molecule has 2 aliphatic carbocycles. The van der Waals surface area contributed by atoms with Gasteiger partial charge in [-0.15, -0.1) is 0 Å². The van der Waals surface area contributed by atoms with Gasteiger partial charge in [-0.2, -0.15) is 0 Å². The molecule has 0 saturated heterocycles. The fourth-order valence-corrected chi connectivity index (χ4v) is 2.92. The molecule has 0 bridgehead atoms. The average Bonchev–Trinajstić information content (AvgIpc) is 3.40. The van der Waals surface area contributed by atoms with Gasteiger partial charge in [0.25, 0.3) is 0 Å². The van der Waals surface area contributed by atoms with Gasteiger partial charge < -0.3 is 10.1 Å². The summed E-state index contributed by atoms with van der Waals surface area (Å²) in [6, 6.07) is 9.03. The summed E-state index contributed by atoms with van der Waals surface area (Å²) >= 11 is 0. The minimum absolute atomic E-state index is 0.166. The van der Waals surface area contributed by atoms with Crippen molar-refractivity contribution >= 4 is 5.91 Å². The van der Waals surface area contributed by atoms with Crippen molar-refractivity contribution in [2.24, 2.45) is 5.92 Å². The fourth-order valence-electron chi connectivity index (χ4n) is 2.92. The zero-order valence-corrected chi connectivity index (χ0v) is 13.5. The molecule has 1 aromatic carbocycles. The lowest BCUT2D eigenvalue weighted by Crippen LogP contribution is -2.42. The van der Waals surface area contributed by atoms with Gasteiger partial charge in [0, 0.05) is 18.6 Å². The van der Waals surface area contributed by atoms with Gasteiger partial charge in [0.05, 0.1) is 13.7 Å². The lowest BCUT2D eigenvalue weighted by molar-refractivity contribution is -0.123. The maximum Gasteiger partial charge on any atom is 0.234 e. The fraction of sp³-hybridized carbons (Fsp3) is 0.611. The Morgan fingerprint density at radius 1 is 1.27 bits per heavy atom. The third-order valence-corrected chi connectivity index (χ3v) is 4.67. The number of nitrogens with one attached hydrogen (secondary N) is 1. The summed E-state index contributed by atoms with van der Waals surface area (Å²) in [6.45, 7) is 3.47. The molecule has 0 spiro atoms. The second-order valence-electron chi connectivity index (χ2n) is 6.68. The van der Waals surface area contributed by atoms with Crippen molar-refractivity contribution in [3.05, 3.63) is 29.8 Å². The number of hydrogen-bond donors (Lipinski definition) is 1. The van der Waals surface area contributed by atoms with Crippen LogP contribution in [0, 0.1) is 5.92 Å². The maximum atomic E-state index is 12.2. The van der Waals surface area contributed by atoms with E-state index in [2.05, 4.69) is 29.3 Å². The molecule has 0 aliphatic heterocycles. The van der Waals surface area contributed by atoms with Crippen molar-refractivity contribution in [3.63, 3.8) is 0 Å². The number of benzene rings is 1. The average molecular weight is 302 g/mol. The number of rotatable bonds is 8. The molecular weight excluding hydrogens is 276 g/mol. The van der Waals surface area contributed by atoms with E-state index in [-0.39, 0.29) is 5.91 Å². The van der Waals surface area contributed by atoms with E-state index in [0.717, 1.165) is 12.3 Å². The van der Waals surface area contributed by atoms with Gasteiger partial charge in [0.2, 0.25) is 5.91 Å². The second kappa shape index (κ2) is 6.69. The van der Waals surface area contributed by atoms with Gasteiger partial charge in [-0.05, 0) is 56.2 Å². The molecule has 1 amide bonds. The van der Waals surface area contributed by atoms with Crippen LogP contribution in [0.1, 0.15) is 38.2 Å². The Hall–Kier alpha value is -1.55. The van der Waals surface area contributed by atoms with Gasteiger partial charge in [-0.3, -0.25) is 9.69 Å². The lowest BCUT2D eigenvalue weighted by atomic mass is 10.2. The third kappa shape index (κ3) is 4.23. The largest absolute Gasteiger partial charge is 0.497 e. The molecular formula is C18H26N2O2. The lowest BCUT2D eigenvalue weighted by Gasteiger charge is -2.23. The van der Waals surface area contributed by atoms with Crippen LogP contribution in [0.2, 0.25) is 0 Å². The van der Waals surface area contributed by atoms with E-state index in [0.29, 0.717) is 24.5 Å². The monoisotopic (exact) mass is 302 g/mol. The molecule has 0 heterocycles. The Kier molecular flexibility index (Phi) is 4.67. The quantitative estimate of drug-likeness (QED) is 0.802. The van der Waals surface area contributed by atoms with Gasteiger partial charge in [0.15, 0.2) is 0 Å². The molecule has 1 atom stereocenters. The predicted molar refractivity (Wildman–Crippen MR) is 86.8 cm³/mol. The van der Waals surface area contributed by atoms with Crippen LogP contribution < -0.4 is 10.1 Å². The van der Waals surface area contributed by atoms with Crippen molar-refractivity contribution in [2.45, 2.75) is 51.2 Å². The number of carbonyl (C=O) groups excluding carboxylic acids is 1. The van der Waals surface area contributed by atoms with E-state index in [4.69, 9.17) is 4.74 Å². The molecule has 0 aromatic heterocycles. The normalized spacial score (nSPS) is 19.0. The SMILES string of the molecule is COc1ccc(CN(CC(=O)NC(C)C2CC2)C2CC2)cc1. The molecule has 1 N–H and O–H groups in total. The van der Waals surface area contributed by atoms with E-state index in [1.165, 1.54) is 31.2 Å². The van der Waals surface area contributed by atoms with E-state index in [1.807, 2.05) is 12.1 Å². The molecule has 3 rings (SSSR count). The first-order valence-corrected chi connectivity index (χ1v) is 8.32. The number of ether oxygens (including phenoxy) is 1. The van der Waals surface area contributed by atoms with Crippen molar-refractivity contribution in [2.75, 3.05) is 13.7 Å². The van der Waals surface area contributed by atoms with Crippen molar-refractivity contribution in [3.8, 4) is 5.75 Å². The number of nitrogens with zero attached hydrogens (tertiary/aromatic N) is 1. The summed E-state index contributed by atoms with van der Waals surface area (Å²) in [4.78, 5) is 14.5. The number of methoxy groups -OCH3 is 1. The summed E-state index contributed by atoms with van der Waals surface area (Å²) in [7, 11) is 1.68. The number of carbonyl (C=O) groups is 1. The summed E-state index contributed by atoms with van der Waals surface area (Å²) in [5, 5.41) is 3.16. The summed E-state index contributed by atoms with van der Waals surface area (Å²) < 4.78 is 5.19. The summed E-state index contributed by atoms with van der Waals surface area (Å²) in [6.07, 6.45) is 4.95. The summed E-state index contributed by atoms with van der Waals surface area (Å²) in [5.41, 5.74) is 1.23. The van der Waals surface area contributed by atoms with Gasteiger partial charge >= 0.3 is 0 Å². The molecule has 4 heteroatoms. The third-order valence-electron chi connectivity index (χ3n) is 4.67. The van der Waals surface area contributed by atoms with Gasteiger partial charge in [-0.25, -0.2) is 0 Å². The van der Waals surface area contributed by atoms with Crippen LogP contribution in [0.25, 0.3) is 0 Å². The van der Waals surface area contributed by atoms with E-state index in [9.17, 15) is 4.79 Å². The number of hydrogen-bond acceptors (Lipinski definition) is 3. The highest BCUT2D eigenvalue weighted by Crippen LogP contribution is 2.32. The second-order valence-corrected chi connectivity index (χ2v) is 6.68. The highest BCUT2D eigenvalue weighted by Gasteiger charge is 2.32. The standard InChI is InChI=1S/C18H26N2O2/c1-13(15-5-6-15)19-18(21)12-20(16-7-8-16)11-14-3-9-17(22-2)10-4-14/h3-4,9-10,13,15-16H,5-8,11-12H2,1-2H3,(H,19,21). The topological polar surface area (TPSA) is 41.6 Å². The van der Waals surface area contributed by atoms with Crippen LogP contribution in [0.5, 0.6) is 5.75 Å². The van der Waals surface area contributed by atoms with Crippen LogP contribution >= 0.6 is 0 Å². The molecule has 0 radical (unpaired) electrons. The summed E-state index contributed by atoms with van der Waals surface area (Å²) in [5.74, 6) is 1.75. The van der Waals surface area contributed by atoms with Gasteiger partial charge in [0.1, 0.15) is 5.75 Å². The predicted octanol–water partition coefficient (Wildman–Crippen LogP) is 2.57. The van der Waals surface area contributed by atoms with Crippen molar-refractivity contribution in [1.82, 2.24) is 10.2 Å². The molecule has 4 nitrogen and oxygen atoms in total. The van der Waals surface area contributed by atoms with Crippen LogP contribution in [0.3, 0.4) is 0 Å². The first kappa shape index (κ1) is 15.3. The molecule has 2 fully saturated rings. The highest BCUT2D eigenvalue weighted by molar-refractivity contribution is 5.78. The first-order chi connectivity index (χ1) is 10.7. The van der Waals surface area contributed by atoms with Crippen molar-refractivity contribution in [1.29, 1.82) is 0 Å². The molecule has 120 valence electrons. The molecule has 2 saturated carbocycles. The Bertz CT molecular complexity index is 506. The van der Waals surface area contributed by atoms with Crippen LogP contribution in [0.4, 0.5) is 0 Å². The maximum absolute atomic E-state index is 12.2. The number of amides is 1. The molecule has 22 heavy (non-hydrogen) atoms. The highest BCUT2D eigenvalue weighted by atomic mass is 16.5. The van der Waals surface area contributed by atoms with E-state index in [1.54, 1.807) is 7.11 Å². The smallest absolute Gasteiger partial charge is 0.234 e. The minimum atomic E-state index is 0.166. The van der Waals surface area contributed by atoms with E-state index < -0.39 is 0 Å². The Balaban J connectivity index is 1.54. The van der Waals surface area contributed by atoms with Gasteiger partial charge in [-0.1, -0.05) is 12.1 Å². The molecule has 1 aromatic rings. The Morgan fingerprint density at radius 2 is 1.95 bits per heavy atom. The molecule has 2 aliphatic rings. The zero-order chi connectivity index (χ0) is 15.5. The van der Waals surface area contributed by atoms with Crippen LogP contribution in [-0.2, 0) is 11.3 Å². The molecule has 1 unspecified atom stereocenters. The zero-order valence-electron chi connectivity index (χ0n) is 13.5. The Labute approximate surface area is 132 Å². The van der Waals surface area contributed by atoms with Crippen molar-refractivity contribution < 1.29 is 9.53 Å². The van der Waals surface area contributed by atoms with Crippen LogP contribution in [-0.4, -0.2) is 36.5 Å². The van der Waals surface area contributed by atoms with E-state index >= 15 is 0 Å². The first-order valence-electron chi connectivity index (χ1n) is 8.32. The minimum Gasteiger partial charge on any atom is -0.497 e.